The summed E-state index contributed by atoms with van der Waals surface area (Å²) in [6.45, 7) is 4.12. The topological polar surface area (TPSA) is 61.9 Å². The molecule has 1 atom stereocenters. The van der Waals surface area contributed by atoms with Crippen LogP contribution in [0.25, 0.3) is 0 Å². The molecule has 0 radical (unpaired) electrons. The molecule has 1 saturated heterocycles. The van der Waals surface area contributed by atoms with E-state index in [1.165, 1.54) is 5.56 Å². The first-order valence-electron chi connectivity index (χ1n) is 6.92. The highest BCUT2D eigenvalue weighted by molar-refractivity contribution is 5.57. The molecule has 0 saturated carbocycles. The van der Waals surface area contributed by atoms with Crippen molar-refractivity contribution < 1.29 is 0 Å². The maximum absolute atomic E-state index is 4.55. The van der Waals surface area contributed by atoms with Gasteiger partial charge >= 0.3 is 0 Å². The van der Waals surface area contributed by atoms with Crippen molar-refractivity contribution in [3.05, 3.63) is 42.2 Å². The molecule has 0 unspecified atom stereocenters. The van der Waals surface area contributed by atoms with Crippen LogP contribution in [0.3, 0.4) is 0 Å². The minimum Gasteiger partial charge on any atom is -0.365 e. The van der Waals surface area contributed by atoms with Gasteiger partial charge in [-0.2, -0.15) is 0 Å². The van der Waals surface area contributed by atoms with Gasteiger partial charge in [0.05, 0.1) is 12.4 Å². The first kappa shape index (κ1) is 12.9. The van der Waals surface area contributed by atoms with E-state index in [0.29, 0.717) is 6.04 Å². The second kappa shape index (κ2) is 5.88. The maximum atomic E-state index is 4.55. The lowest BCUT2D eigenvalue weighted by atomic mass is 10.2. The Kier molecular flexibility index (Phi) is 3.78. The van der Waals surface area contributed by atoms with Crippen molar-refractivity contribution in [3.8, 4) is 0 Å². The van der Waals surface area contributed by atoms with Crippen molar-refractivity contribution >= 4 is 17.3 Å². The van der Waals surface area contributed by atoms with Gasteiger partial charge in [0.1, 0.15) is 5.82 Å². The number of aromatic nitrogens is 2. The van der Waals surface area contributed by atoms with Gasteiger partial charge in [-0.3, -0.25) is 4.98 Å². The second-order valence-corrected chi connectivity index (χ2v) is 5.12. The predicted octanol–water partition coefficient (Wildman–Crippen LogP) is 2.30. The van der Waals surface area contributed by atoms with E-state index in [4.69, 9.17) is 0 Å². The Bertz CT molecular complexity index is 578. The monoisotopic (exact) mass is 269 g/mol. The van der Waals surface area contributed by atoms with Gasteiger partial charge in [-0.05, 0) is 37.6 Å². The lowest BCUT2D eigenvalue weighted by molar-refractivity contribution is 0.787. The largest absolute Gasteiger partial charge is 0.365 e. The summed E-state index contributed by atoms with van der Waals surface area (Å²) in [4.78, 5) is 8.79. The molecule has 0 amide bonds. The van der Waals surface area contributed by atoms with Crippen molar-refractivity contribution in [1.29, 1.82) is 0 Å². The van der Waals surface area contributed by atoms with Crippen LogP contribution < -0.4 is 16.0 Å². The first-order chi connectivity index (χ1) is 9.79. The Labute approximate surface area is 118 Å². The molecule has 2 heterocycles. The molecule has 20 heavy (non-hydrogen) atoms. The van der Waals surface area contributed by atoms with Crippen molar-refractivity contribution in [2.75, 3.05) is 23.7 Å². The fraction of sp³-hybridized carbons (Fsp3) is 0.333. The number of hydrogen-bond acceptors (Lipinski definition) is 5. The third kappa shape index (κ3) is 3.24. The van der Waals surface area contributed by atoms with Crippen molar-refractivity contribution in [2.45, 2.75) is 19.4 Å². The molecule has 1 aliphatic rings. The highest BCUT2D eigenvalue weighted by Crippen LogP contribution is 2.17. The van der Waals surface area contributed by atoms with Crippen LogP contribution in [0.2, 0.25) is 0 Å². The third-order valence-electron chi connectivity index (χ3n) is 3.34. The summed E-state index contributed by atoms with van der Waals surface area (Å²) < 4.78 is 0. The molecular weight excluding hydrogens is 250 g/mol. The Morgan fingerprint density at radius 3 is 2.95 bits per heavy atom. The summed E-state index contributed by atoms with van der Waals surface area (Å²) in [6.07, 6.45) is 4.62. The van der Waals surface area contributed by atoms with Gasteiger partial charge in [-0.25, -0.2) is 4.98 Å². The molecule has 0 bridgehead atoms. The standard InChI is InChI=1S/C15H19N5/c1-11-3-2-4-12(7-11)18-14-9-17-10-15(20-14)19-13-5-6-16-8-13/h2-4,7,9-10,13,16H,5-6,8H2,1H3,(H2,18,19,20)/t13-/m1/s1. The number of nitrogens with zero attached hydrogens (tertiary/aromatic N) is 2. The van der Waals surface area contributed by atoms with Crippen LogP contribution in [-0.2, 0) is 0 Å². The zero-order valence-electron chi connectivity index (χ0n) is 11.6. The minimum atomic E-state index is 0.443. The number of benzene rings is 1. The molecular formula is C15H19N5. The molecule has 5 heteroatoms. The van der Waals surface area contributed by atoms with E-state index < -0.39 is 0 Å². The van der Waals surface area contributed by atoms with Crippen molar-refractivity contribution in [1.82, 2.24) is 15.3 Å². The highest BCUT2D eigenvalue weighted by atomic mass is 15.1. The molecule has 1 aromatic carbocycles. The Morgan fingerprint density at radius 1 is 1.25 bits per heavy atom. The Balaban J connectivity index is 1.70. The quantitative estimate of drug-likeness (QED) is 0.795. The van der Waals surface area contributed by atoms with E-state index in [-0.39, 0.29) is 0 Å². The average Bonchev–Trinajstić information content (AvgIpc) is 2.92. The summed E-state index contributed by atoms with van der Waals surface area (Å²) in [5, 5.41) is 10.0. The van der Waals surface area contributed by atoms with E-state index in [9.17, 15) is 0 Å². The van der Waals surface area contributed by atoms with Gasteiger partial charge in [0, 0.05) is 18.3 Å². The smallest absolute Gasteiger partial charge is 0.151 e. The Morgan fingerprint density at radius 2 is 2.15 bits per heavy atom. The van der Waals surface area contributed by atoms with Crippen LogP contribution in [-0.4, -0.2) is 29.1 Å². The summed E-state index contributed by atoms with van der Waals surface area (Å²) in [6, 6.07) is 8.65. The van der Waals surface area contributed by atoms with Crippen LogP contribution in [0.15, 0.2) is 36.7 Å². The maximum Gasteiger partial charge on any atom is 0.151 e. The van der Waals surface area contributed by atoms with E-state index in [1.807, 2.05) is 12.1 Å². The van der Waals surface area contributed by atoms with Crippen LogP contribution in [0, 0.1) is 6.92 Å². The van der Waals surface area contributed by atoms with Crippen molar-refractivity contribution in [3.63, 3.8) is 0 Å². The van der Waals surface area contributed by atoms with Gasteiger partial charge in [-0.1, -0.05) is 12.1 Å². The Hall–Kier alpha value is -2.14. The lowest BCUT2D eigenvalue weighted by Gasteiger charge is -2.13. The molecule has 5 nitrogen and oxygen atoms in total. The van der Waals surface area contributed by atoms with E-state index in [2.05, 4.69) is 45.0 Å². The van der Waals surface area contributed by atoms with E-state index in [0.717, 1.165) is 36.8 Å². The van der Waals surface area contributed by atoms with Crippen LogP contribution in [0.1, 0.15) is 12.0 Å². The fourth-order valence-electron chi connectivity index (χ4n) is 2.35. The van der Waals surface area contributed by atoms with Crippen LogP contribution in [0.5, 0.6) is 0 Å². The van der Waals surface area contributed by atoms with Gasteiger partial charge in [0.2, 0.25) is 0 Å². The number of anilines is 3. The number of nitrogens with one attached hydrogen (secondary N) is 3. The molecule has 3 N–H and O–H groups in total. The van der Waals surface area contributed by atoms with Gasteiger partial charge in [0.15, 0.2) is 5.82 Å². The molecule has 1 fully saturated rings. The molecule has 1 aliphatic heterocycles. The van der Waals surface area contributed by atoms with E-state index in [1.54, 1.807) is 12.4 Å². The van der Waals surface area contributed by atoms with Crippen LogP contribution >= 0.6 is 0 Å². The highest BCUT2D eigenvalue weighted by Gasteiger charge is 2.14. The molecule has 0 aliphatic carbocycles. The summed E-state index contributed by atoms with van der Waals surface area (Å²) in [5.41, 5.74) is 2.24. The summed E-state index contributed by atoms with van der Waals surface area (Å²) in [7, 11) is 0. The molecule has 1 aromatic heterocycles. The van der Waals surface area contributed by atoms with Gasteiger partial charge < -0.3 is 16.0 Å². The molecule has 104 valence electrons. The fourth-order valence-corrected chi connectivity index (χ4v) is 2.35. The van der Waals surface area contributed by atoms with E-state index >= 15 is 0 Å². The lowest BCUT2D eigenvalue weighted by Crippen LogP contribution is -2.22. The summed E-state index contributed by atoms with van der Waals surface area (Å²) in [5.74, 6) is 1.57. The number of hydrogen-bond donors (Lipinski definition) is 3. The molecule has 0 spiro atoms. The zero-order valence-corrected chi connectivity index (χ0v) is 11.6. The second-order valence-electron chi connectivity index (χ2n) is 5.12. The minimum absolute atomic E-state index is 0.443. The molecule has 3 rings (SSSR count). The van der Waals surface area contributed by atoms with Crippen LogP contribution in [0.4, 0.5) is 17.3 Å². The predicted molar refractivity (Wildman–Crippen MR) is 81.4 cm³/mol. The number of rotatable bonds is 4. The zero-order chi connectivity index (χ0) is 13.8. The SMILES string of the molecule is Cc1cccc(Nc2cncc(N[C@@H]3CCNC3)n2)c1. The third-order valence-corrected chi connectivity index (χ3v) is 3.34. The number of aryl methyl sites for hydroxylation is 1. The van der Waals surface area contributed by atoms with Gasteiger partial charge in [-0.15, -0.1) is 0 Å². The normalized spacial score (nSPS) is 17.9. The average molecular weight is 269 g/mol. The molecule has 2 aromatic rings. The summed E-state index contributed by atoms with van der Waals surface area (Å²) >= 11 is 0. The van der Waals surface area contributed by atoms with Crippen molar-refractivity contribution in [2.24, 2.45) is 0 Å². The first-order valence-corrected chi connectivity index (χ1v) is 6.92. The van der Waals surface area contributed by atoms with Gasteiger partial charge in [0.25, 0.3) is 0 Å².